The van der Waals surface area contributed by atoms with Gasteiger partial charge in [0.2, 0.25) is 0 Å². The van der Waals surface area contributed by atoms with Crippen molar-refractivity contribution in [2.45, 2.75) is 31.9 Å². The summed E-state index contributed by atoms with van der Waals surface area (Å²) in [7, 11) is 0. The molecule has 0 saturated carbocycles. The number of carboxylic acid groups (broad SMARTS) is 1. The average Bonchev–Trinajstić information content (AvgIpc) is 2.43. The molecule has 0 bridgehead atoms. The second kappa shape index (κ2) is 9.42. The smallest absolute Gasteiger partial charge is 0.338 e. The Labute approximate surface area is 123 Å². The molecule has 0 unspecified atom stereocenters. The SMILES string of the molecule is CCOC(=O)c1cccc(CSCCCCC(=O)O)c1. The molecule has 0 aliphatic carbocycles. The van der Waals surface area contributed by atoms with Crippen LogP contribution in [0.25, 0.3) is 0 Å². The lowest BCUT2D eigenvalue weighted by Gasteiger charge is -2.05. The summed E-state index contributed by atoms with van der Waals surface area (Å²) in [5.74, 6) is 0.718. The summed E-state index contributed by atoms with van der Waals surface area (Å²) in [5.41, 5.74) is 1.66. The summed E-state index contributed by atoms with van der Waals surface area (Å²) >= 11 is 1.75. The number of carbonyl (C=O) groups is 2. The highest BCUT2D eigenvalue weighted by Crippen LogP contribution is 2.16. The van der Waals surface area contributed by atoms with Gasteiger partial charge >= 0.3 is 11.9 Å². The fraction of sp³-hybridized carbons (Fsp3) is 0.467. The first-order chi connectivity index (χ1) is 9.63. The number of hydrogen-bond donors (Lipinski definition) is 1. The molecule has 0 aliphatic heterocycles. The van der Waals surface area contributed by atoms with E-state index in [2.05, 4.69) is 0 Å². The van der Waals surface area contributed by atoms with E-state index in [4.69, 9.17) is 9.84 Å². The van der Waals surface area contributed by atoms with Crippen LogP contribution >= 0.6 is 11.8 Å². The standard InChI is InChI=1S/C15H20O4S/c1-2-19-15(18)13-7-5-6-12(10-13)11-20-9-4-3-8-14(16)17/h5-7,10H,2-4,8-9,11H2,1H3,(H,16,17). The van der Waals surface area contributed by atoms with E-state index in [1.54, 1.807) is 24.8 Å². The summed E-state index contributed by atoms with van der Waals surface area (Å²) in [6, 6.07) is 7.43. The third-order valence-corrected chi connectivity index (χ3v) is 3.75. The Morgan fingerprint density at radius 3 is 2.80 bits per heavy atom. The zero-order valence-corrected chi connectivity index (χ0v) is 12.4. The number of carbonyl (C=O) groups excluding carboxylic acids is 1. The van der Waals surface area contributed by atoms with Crippen LogP contribution in [0.15, 0.2) is 24.3 Å². The van der Waals surface area contributed by atoms with Gasteiger partial charge in [0.25, 0.3) is 0 Å². The summed E-state index contributed by atoms with van der Waals surface area (Å²) in [6.07, 6.45) is 1.85. The zero-order chi connectivity index (χ0) is 14.8. The van der Waals surface area contributed by atoms with Crippen LogP contribution in [0.4, 0.5) is 0 Å². The fourth-order valence-electron chi connectivity index (χ4n) is 1.67. The summed E-state index contributed by atoms with van der Waals surface area (Å²) < 4.78 is 4.96. The maximum absolute atomic E-state index is 11.6. The molecule has 0 spiro atoms. The van der Waals surface area contributed by atoms with Crippen molar-refractivity contribution in [1.82, 2.24) is 0 Å². The van der Waals surface area contributed by atoms with E-state index in [1.807, 2.05) is 18.2 Å². The van der Waals surface area contributed by atoms with Crippen molar-refractivity contribution >= 4 is 23.7 Å². The molecule has 0 fully saturated rings. The van der Waals surface area contributed by atoms with E-state index in [9.17, 15) is 9.59 Å². The number of benzene rings is 1. The second-order valence-corrected chi connectivity index (χ2v) is 5.43. The van der Waals surface area contributed by atoms with Crippen LogP contribution in [-0.2, 0) is 15.3 Å². The first kappa shape index (κ1) is 16.6. The molecule has 0 amide bonds. The molecule has 1 aromatic rings. The molecule has 0 aromatic heterocycles. The van der Waals surface area contributed by atoms with Crippen molar-refractivity contribution < 1.29 is 19.4 Å². The van der Waals surface area contributed by atoms with Crippen molar-refractivity contribution in [2.24, 2.45) is 0 Å². The molecule has 4 nitrogen and oxygen atoms in total. The highest BCUT2D eigenvalue weighted by molar-refractivity contribution is 7.98. The van der Waals surface area contributed by atoms with E-state index in [-0.39, 0.29) is 12.4 Å². The van der Waals surface area contributed by atoms with Gasteiger partial charge in [0, 0.05) is 12.2 Å². The minimum atomic E-state index is -0.739. The van der Waals surface area contributed by atoms with Crippen LogP contribution in [0.1, 0.15) is 42.1 Å². The van der Waals surface area contributed by atoms with E-state index >= 15 is 0 Å². The van der Waals surface area contributed by atoms with Crippen molar-refractivity contribution in [1.29, 1.82) is 0 Å². The number of ether oxygens (including phenoxy) is 1. The predicted molar refractivity (Wildman–Crippen MR) is 80.0 cm³/mol. The Morgan fingerprint density at radius 2 is 2.10 bits per heavy atom. The molecule has 20 heavy (non-hydrogen) atoms. The summed E-state index contributed by atoms with van der Waals surface area (Å²) in [6.45, 7) is 2.16. The molecule has 110 valence electrons. The highest BCUT2D eigenvalue weighted by atomic mass is 32.2. The van der Waals surface area contributed by atoms with Crippen molar-refractivity contribution in [3.8, 4) is 0 Å². The number of esters is 1. The van der Waals surface area contributed by atoms with Crippen molar-refractivity contribution in [3.63, 3.8) is 0 Å². The highest BCUT2D eigenvalue weighted by Gasteiger charge is 2.06. The molecule has 1 aromatic carbocycles. The molecule has 1 rings (SSSR count). The van der Waals surface area contributed by atoms with Crippen molar-refractivity contribution in [3.05, 3.63) is 35.4 Å². The lowest BCUT2D eigenvalue weighted by molar-refractivity contribution is -0.137. The monoisotopic (exact) mass is 296 g/mol. The number of hydrogen-bond acceptors (Lipinski definition) is 4. The average molecular weight is 296 g/mol. The Hall–Kier alpha value is -1.49. The Balaban J connectivity index is 2.31. The lowest BCUT2D eigenvalue weighted by Crippen LogP contribution is -2.04. The van der Waals surface area contributed by atoms with Crippen LogP contribution in [0.3, 0.4) is 0 Å². The molecule has 0 radical (unpaired) electrons. The quantitative estimate of drug-likeness (QED) is 0.559. The Morgan fingerprint density at radius 1 is 1.30 bits per heavy atom. The molecule has 1 N–H and O–H groups in total. The predicted octanol–water partition coefficient (Wildman–Crippen LogP) is 3.35. The molecule has 0 heterocycles. The molecule has 0 saturated heterocycles. The minimum absolute atomic E-state index is 0.235. The second-order valence-electron chi connectivity index (χ2n) is 4.32. The van der Waals surface area contributed by atoms with Crippen LogP contribution in [0.2, 0.25) is 0 Å². The van der Waals surface area contributed by atoms with E-state index in [0.29, 0.717) is 18.6 Å². The number of unbranched alkanes of at least 4 members (excludes halogenated alkanes) is 1. The maximum atomic E-state index is 11.6. The fourth-order valence-corrected chi connectivity index (χ4v) is 2.64. The van der Waals surface area contributed by atoms with E-state index in [0.717, 1.165) is 23.5 Å². The van der Waals surface area contributed by atoms with Gasteiger partial charge in [-0.2, -0.15) is 11.8 Å². The number of aliphatic carboxylic acids is 1. The van der Waals surface area contributed by atoms with E-state index < -0.39 is 5.97 Å². The summed E-state index contributed by atoms with van der Waals surface area (Å²) in [4.78, 5) is 21.9. The lowest BCUT2D eigenvalue weighted by atomic mass is 10.1. The van der Waals surface area contributed by atoms with Crippen LogP contribution in [0.5, 0.6) is 0 Å². The van der Waals surface area contributed by atoms with Gasteiger partial charge in [-0.3, -0.25) is 4.79 Å². The van der Waals surface area contributed by atoms with Crippen LogP contribution < -0.4 is 0 Å². The van der Waals surface area contributed by atoms with Gasteiger partial charge in [-0.1, -0.05) is 12.1 Å². The van der Waals surface area contributed by atoms with Gasteiger partial charge in [-0.25, -0.2) is 4.79 Å². The number of rotatable bonds is 9. The first-order valence-electron chi connectivity index (χ1n) is 6.69. The van der Waals surface area contributed by atoms with Gasteiger partial charge in [0.05, 0.1) is 12.2 Å². The van der Waals surface area contributed by atoms with Gasteiger partial charge in [0.15, 0.2) is 0 Å². The number of carboxylic acids is 1. The molecule has 5 heteroatoms. The number of thioether (sulfide) groups is 1. The van der Waals surface area contributed by atoms with E-state index in [1.165, 1.54) is 0 Å². The van der Waals surface area contributed by atoms with Gasteiger partial charge in [0.1, 0.15) is 0 Å². The Kier molecular flexibility index (Phi) is 7.80. The third kappa shape index (κ3) is 6.61. The van der Waals surface area contributed by atoms with Gasteiger partial charge in [-0.15, -0.1) is 0 Å². The molecular formula is C15H20O4S. The third-order valence-electron chi connectivity index (χ3n) is 2.64. The first-order valence-corrected chi connectivity index (χ1v) is 7.84. The molecule has 0 atom stereocenters. The van der Waals surface area contributed by atoms with Crippen LogP contribution in [-0.4, -0.2) is 29.4 Å². The largest absolute Gasteiger partial charge is 0.481 e. The van der Waals surface area contributed by atoms with Gasteiger partial charge < -0.3 is 9.84 Å². The maximum Gasteiger partial charge on any atom is 0.338 e. The summed E-state index contributed by atoms with van der Waals surface area (Å²) in [5, 5.41) is 8.52. The zero-order valence-electron chi connectivity index (χ0n) is 11.6. The Bertz CT molecular complexity index is 445. The normalized spacial score (nSPS) is 10.2. The minimum Gasteiger partial charge on any atom is -0.481 e. The van der Waals surface area contributed by atoms with Crippen LogP contribution in [0, 0.1) is 0 Å². The van der Waals surface area contributed by atoms with Gasteiger partial charge in [-0.05, 0) is 43.2 Å². The molecule has 0 aliphatic rings. The molecular weight excluding hydrogens is 276 g/mol. The topological polar surface area (TPSA) is 63.6 Å². The van der Waals surface area contributed by atoms with Crippen molar-refractivity contribution in [2.75, 3.05) is 12.4 Å².